The average molecular weight is 232 g/mol. The summed E-state index contributed by atoms with van der Waals surface area (Å²) >= 11 is 0. The van der Waals surface area contributed by atoms with E-state index in [2.05, 4.69) is 5.16 Å². The highest BCUT2D eigenvalue weighted by atomic mass is 16.5. The van der Waals surface area contributed by atoms with Gasteiger partial charge in [-0.1, -0.05) is 16.8 Å². The molecule has 0 saturated heterocycles. The van der Waals surface area contributed by atoms with Gasteiger partial charge < -0.3 is 15.0 Å². The van der Waals surface area contributed by atoms with Gasteiger partial charge >= 0.3 is 0 Å². The summed E-state index contributed by atoms with van der Waals surface area (Å²) in [5.74, 6) is 1.46. The van der Waals surface area contributed by atoms with Crippen molar-refractivity contribution in [2.45, 2.75) is 20.4 Å². The highest BCUT2D eigenvalue weighted by Gasteiger charge is 2.17. The minimum absolute atomic E-state index is 0.405. The lowest BCUT2D eigenvalue weighted by atomic mass is 10.0. The molecule has 0 atom stereocenters. The Bertz CT molecular complexity index is 532. The first-order chi connectivity index (χ1) is 8.17. The molecule has 90 valence electrons. The van der Waals surface area contributed by atoms with E-state index in [9.17, 15) is 0 Å². The van der Waals surface area contributed by atoms with Crippen molar-refractivity contribution in [2.75, 3.05) is 7.11 Å². The molecule has 0 radical (unpaired) electrons. The average Bonchev–Trinajstić information content (AvgIpc) is 2.70. The van der Waals surface area contributed by atoms with Crippen LogP contribution in [0.15, 0.2) is 22.7 Å². The molecular weight excluding hydrogens is 216 g/mol. The van der Waals surface area contributed by atoms with Crippen LogP contribution in [0.1, 0.15) is 16.8 Å². The number of hydrogen-bond donors (Lipinski definition) is 1. The third-order valence-corrected chi connectivity index (χ3v) is 2.79. The van der Waals surface area contributed by atoms with Crippen molar-refractivity contribution in [2.24, 2.45) is 5.73 Å². The van der Waals surface area contributed by atoms with Gasteiger partial charge in [0.1, 0.15) is 5.75 Å². The van der Waals surface area contributed by atoms with Gasteiger partial charge in [-0.2, -0.15) is 0 Å². The standard InChI is InChI=1S/C13H16N2O2/c1-8-4-5-12(16-3)10(6-8)13-11(7-14)9(2)15-17-13/h4-6H,7,14H2,1-3H3. The zero-order valence-electron chi connectivity index (χ0n) is 10.3. The van der Waals surface area contributed by atoms with Crippen molar-refractivity contribution in [3.8, 4) is 17.1 Å². The Kier molecular flexibility index (Phi) is 3.15. The lowest BCUT2D eigenvalue weighted by molar-refractivity contribution is 0.404. The van der Waals surface area contributed by atoms with Crippen LogP contribution in [0.5, 0.6) is 5.75 Å². The van der Waals surface area contributed by atoms with Gasteiger partial charge in [0.05, 0.1) is 18.4 Å². The minimum Gasteiger partial charge on any atom is -0.496 e. The van der Waals surface area contributed by atoms with Crippen LogP contribution >= 0.6 is 0 Å². The van der Waals surface area contributed by atoms with Gasteiger partial charge in [-0.05, 0) is 26.0 Å². The second kappa shape index (κ2) is 4.59. The Morgan fingerprint density at radius 1 is 1.35 bits per heavy atom. The van der Waals surface area contributed by atoms with Crippen LogP contribution in [0.2, 0.25) is 0 Å². The summed E-state index contributed by atoms with van der Waals surface area (Å²) in [6.45, 7) is 4.31. The number of rotatable bonds is 3. The van der Waals surface area contributed by atoms with Crippen molar-refractivity contribution in [1.82, 2.24) is 5.16 Å². The molecule has 17 heavy (non-hydrogen) atoms. The second-order valence-electron chi connectivity index (χ2n) is 3.98. The molecule has 0 unspecified atom stereocenters. The molecule has 0 bridgehead atoms. The van der Waals surface area contributed by atoms with E-state index >= 15 is 0 Å². The summed E-state index contributed by atoms with van der Waals surface area (Å²) in [6, 6.07) is 5.93. The van der Waals surface area contributed by atoms with Gasteiger partial charge in [-0.3, -0.25) is 0 Å². The van der Waals surface area contributed by atoms with Gasteiger partial charge in [0, 0.05) is 12.1 Å². The number of aryl methyl sites for hydroxylation is 2. The van der Waals surface area contributed by atoms with Crippen molar-refractivity contribution in [1.29, 1.82) is 0 Å². The van der Waals surface area contributed by atoms with E-state index in [1.807, 2.05) is 32.0 Å². The Morgan fingerprint density at radius 2 is 2.12 bits per heavy atom. The molecule has 0 amide bonds. The summed E-state index contributed by atoms with van der Waals surface area (Å²) in [4.78, 5) is 0. The number of methoxy groups -OCH3 is 1. The van der Waals surface area contributed by atoms with E-state index in [4.69, 9.17) is 15.0 Å². The smallest absolute Gasteiger partial charge is 0.175 e. The molecule has 0 aliphatic rings. The Hall–Kier alpha value is -1.81. The van der Waals surface area contributed by atoms with Gasteiger partial charge in [0.2, 0.25) is 0 Å². The zero-order valence-corrected chi connectivity index (χ0v) is 10.3. The maximum absolute atomic E-state index is 5.72. The minimum atomic E-state index is 0.405. The summed E-state index contributed by atoms with van der Waals surface area (Å²) in [5.41, 5.74) is 9.51. The second-order valence-corrected chi connectivity index (χ2v) is 3.98. The molecule has 2 N–H and O–H groups in total. The largest absolute Gasteiger partial charge is 0.496 e. The van der Waals surface area contributed by atoms with E-state index in [0.717, 1.165) is 28.1 Å². The van der Waals surface area contributed by atoms with E-state index in [-0.39, 0.29) is 0 Å². The van der Waals surface area contributed by atoms with Gasteiger partial charge in [0.15, 0.2) is 5.76 Å². The topological polar surface area (TPSA) is 61.3 Å². The fraction of sp³-hybridized carbons (Fsp3) is 0.308. The summed E-state index contributed by atoms with van der Waals surface area (Å²) < 4.78 is 10.7. The fourth-order valence-corrected chi connectivity index (χ4v) is 1.84. The predicted molar refractivity (Wildman–Crippen MR) is 65.9 cm³/mol. The number of ether oxygens (including phenoxy) is 1. The van der Waals surface area contributed by atoms with Crippen LogP contribution in [0.25, 0.3) is 11.3 Å². The summed E-state index contributed by atoms with van der Waals surface area (Å²) in [7, 11) is 1.64. The molecule has 0 fully saturated rings. The lowest BCUT2D eigenvalue weighted by Gasteiger charge is -2.08. The molecule has 0 aliphatic heterocycles. The van der Waals surface area contributed by atoms with Crippen LogP contribution in [-0.4, -0.2) is 12.3 Å². The van der Waals surface area contributed by atoms with Crippen molar-refractivity contribution >= 4 is 0 Å². The van der Waals surface area contributed by atoms with Crippen LogP contribution in [-0.2, 0) is 6.54 Å². The first-order valence-corrected chi connectivity index (χ1v) is 5.47. The number of benzene rings is 1. The molecule has 2 aromatic rings. The van der Waals surface area contributed by atoms with E-state index in [0.29, 0.717) is 12.3 Å². The van der Waals surface area contributed by atoms with Crippen LogP contribution in [0.3, 0.4) is 0 Å². The summed E-state index contributed by atoms with van der Waals surface area (Å²) in [6.07, 6.45) is 0. The molecule has 4 heteroatoms. The van der Waals surface area contributed by atoms with Crippen LogP contribution in [0, 0.1) is 13.8 Å². The number of nitrogens with zero attached hydrogens (tertiary/aromatic N) is 1. The van der Waals surface area contributed by atoms with Crippen molar-refractivity contribution in [3.05, 3.63) is 35.0 Å². The van der Waals surface area contributed by atoms with E-state index in [1.165, 1.54) is 0 Å². The zero-order chi connectivity index (χ0) is 12.4. The molecule has 1 aromatic heterocycles. The molecule has 1 heterocycles. The Morgan fingerprint density at radius 3 is 2.76 bits per heavy atom. The Balaban J connectivity index is 2.62. The SMILES string of the molecule is COc1ccc(C)cc1-c1onc(C)c1CN. The number of aromatic nitrogens is 1. The monoisotopic (exact) mass is 232 g/mol. The molecule has 0 aliphatic carbocycles. The predicted octanol–water partition coefficient (Wildman–Crippen LogP) is 2.43. The fourth-order valence-electron chi connectivity index (χ4n) is 1.84. The molecule has 2 rings (SSSR count). The van der Waals surface area contributed by atoms with Gasteiger partial charge in [-0.15, -0.1) is 0 Å². The van der Waals surface area contributed by atoms with E-state index < -0.39 is 0 Å². The van der Waals surface area contributed by atoms with Crippen LogP contribution < -0.4 is 10.5 Å². The first kappa shape index (κ1) is 11.7. The molecule has 4 nitrogen and oxygen atoms in total. The number of nitrogens with two attached hydrogens (primary N) is 1. The molecule has 0 spiro atoms. The summed E-state index contributed by atoms with van der Waals surface area (Å²) in [5, 5.41) is 3.96. The quantitative estimate of drug-likeness (QED) is 0.882. The van der Waals surface area contributed by atoms with Crippen molar-refractivity contribution < 1.29 is 9.26 Å². The maximum atomic E-state index is 5.72. The highest BCUT2D eigenvalue weighted by Crippen LogP contribution is 2.34. The lowest BCUT2D eigenvalue weighted by Crippen LogP contribution is -1.99. The third kappa shape index (κ3) is 2.03. The maximum Gasteiger partial charge on any atom is 0.175 e. The number of hydrogen-bond acceptors (Lipinski definition) is 4. The molecule has 0 saturated carbocycles. The molecular formula is C13H16N2O2. The van der Waals surface area contributed by atoms with Crippen molar-refractivity contribution in [3.63, 3.8) is 0 Å². The molecule has 1 aromatic carbocycles. The van der Waals surface area contributed by atoms with Gasteiger partial charge in [-0.25, -0.2) is 0 Å². The van der Waals surface area contributed by atoms with Gasteiger partial charge in [0.25, 0.3) is 0 Å². The third-order valence-electron chi connectivity index (χ3n) is 2.79. The Labute approximate surface area is 100 Å². The van der Waals surface area contributed by atoms with E-state index in [1.54, 1.807) is 7.11 Å². The van der Waals surface area contributed by atoms with Crippen LogP contribution in [0.4, 0.5) is 0 Å². The normalized spacial score (nSPS) is 10.6. The highest BCUT2D eigenvalue weighted by molar-refractivity contribution is 5.69. The first-order valence-electron chi connectivity index (χ1n) is 5.47.